The first-order chi connectivity index (χ1) is 6.06. The van der Waals surface area contributed by atoms with Crippen LogP contribution in [0.4, 0.5) is 8.78 Å². The quantitative estimate of drug-likeness (QED) is 0.747. The number of hydrogen-bond acceptors (Lipinski definition) is 0. The second-order valence-corrected chi connectivity index (χ2v) is 3.88. The van der Waals surface area contributed by atoms with Gasteiger partial charge in [0.05, 0.1) is 0 Å². The maximum Gasteiger partial charge on any atom is 0.273 e. The molecule has 0 fully saturated rings. The molecule has 1 rings (SSSR count). The van der Waals surface area contributed by atoms with Crippen LogP contribution in [0.5, 0.6) is 0 Å². The monoisotopic (exact) mass is 248 g/mol. The molecule has 0 nitrogen and oxygen atoms in total. The van der Waals surface area contributed by atoms with Crippen molar-refractivity contribution in [2.24, 2.45) is 0 Å². The second-order valence-electron chi connectivity index (χ2n) is 2.96. The van der Waals surface area contributed by atoms with Crippen LogP contribution in [-0.4, -0.2) is 0 Å². The van der Waals surface area contributed by atoms with Gasteiger partial charge < -0.3 is 0 Å². The van der Waals surface area contributed by atoms with Crippen LogP contribution in [0.15, 0.2) is 28.7 Å². The Bertz CT molecular complexity index is 284. The summed E-state index contributed by atoms with van der Waals surface area (Å²) in [6, 6.07) is 6.30. The third-order valence-electron chi connectivity index (χ3n) is 1.81. The summed E-state index contributed by atoms with van der Waals surface area (Å²) in [7, 11) is 0. The molecular weight excluding hydrogens is 238 g/mol. The molecule has 0 atom stereocenters. The Balaban J connectivity index is 2.93. The van der Waals surface area contributed by atoms with Crippen LogP contribution in [0.3, 0.4) is 0 Å². The molecular formula is C10H11BrF2. The molecule has 1 aromatic rings. The van der Waals surface area contributed by atoms with Gasteiger partial charge in [-0.25, -0.2) is 8.78 Å². The summed E-state index contributed by atoms with van der Waals surface area (Å²) >= 11 is 3.17. The zero-order valence-corrected chi connectivity index (χ0v) is 8.94. The van der Waals surface area contributed by atoms with Gasteiger partial charge in [0, 0.05) is 16.5 Å². The van der Waals surface area contributed by atoms with Gasteiger partial charge in [-0.2, -0.15) is 0 Å². The van der Waals surface area contributed by atoms with Gasteiger partial charge in [0.1, 0.15) is 0 Å². The Hall–Kier alpha value is -0.440. The van der Waals surface area contributed by atoms with Gasteiger partial charge in [-0.05, 0) is 12.1 Å². The molecule has 0 amide bonds. The van der Waals surface area contributed by atoms with E-state index in [1.807, 2.05) is 0 Å². The summed E-state index contributed by atoms with van der Waals surface area (Å²) in [5.41, 5.74) is 0.0868. The van der Waals surface area contributed by atoms with E-state index in [-0.39, 0.29) is 12.0 Å². The number of alkyl halides is 2. The van der Waals surface area contributed by atoms with Crippen LogP contribution >= 0.6 is 15.9 Å². The lowest BCUT2D eigenvalue weighted by Crippen LogP contribution is -2.12. The van der Waals surface area contributed by atoms with E-state index in [0.29, 0.717) is 10.9 Å². The number of hydrogen-bond donors (Lipinski definition) is 0. The molecule has 1 aromatic carbocycles. The minimum absolute atomic E-state index is 0.0868. The number of benzene rings is 1. The van der Waals surface area contributed by atoms with Gasteiger partial charge >= 0.3 is 0 Å². The first-order valence-electron chi connectivity index (χ1n) is 4.20. The molecule has 0 spiro atoms. The molecule has 0 radical (unpaired) electrons. The molecule has 13 heavy (non-hydrogen) atoms. The summed E-state index contributed by atoms with van der Waals surface area (Å²) < 4.78 is 27.3. The van der Waals surface area contributed by atoms with Crippen molar-refractivity contribution in [2.45, 2.75) is 25.7 Å². The standard InChI is InChI=1S/C10H11BrF2/c1-2-6-10(12,13)8-4-3-5-9(11)7-8/h3-5,7H,2,6H2,1H3. The molecule has 0 heterocycles. The highest BCUT2D eigenvalue weighted by atomic mass is 79.9. The van der Waals surface area contributed by atoms with Crippen molar-refractivity contribution in [3.8, 4) is 0 Å². The van der Waals surface area contributed by atoms with Crippen molar-refractivity contribution in [1.82, 2.24) is 0 Å². The zero-order valence-electron chi connectivity index (χ0n) is 7.36. The lowest BCUT2D eigenvalue weighted by atomic mass is 10.0. The first kappa shape index (κ1) is 10.6. The first-order valence-corrected chi connectivity index (χ1v) is 4.99. The van der Waals surface area contributed by atoms with Crippen LogP contribution in [0.25, 0.3) is 0 Å². The van der Waals surface area contributed by atoms with Crippen molar-refractivity contribution in [3.63, 3.8) is 0 Å². The lowest BCUT2D eigenvalue weighted by molar-refractivity contribution is -0.0140. The van der Waals surface area contributed by atoms with Gasteiger partial charge in [-0.3, -0.25) is 0 Å². The lowest BCUT2D eigenvalue weighted by Gasteiger charge is -2.15. The third-order valence-corrected chi connectivity index (χ3v) is 2.30. The van der Waals surface area contributed by atoms with Crippen LogP contribution in [-0.2, 0) is 5.92 Å². The molecule has 0 N–H and O–H groups in total. The molecule has 0 unspecified atom stereocenters. The van der Waals surface area contributed by atoms with Crippen molar-refractivity contribution >= 4 is 15.9 Å². The Morgan fingerprint density at radius 1 is 1.38 bits per heavy atom. The minimum Gasteiger partial charge on any atom is -0.201 e. The van der Waals surface area contributed by atoms with Crippen molar-refractivity contribution in [3.05, 3.63) is 34.3 Å². The maximum absolute atomic E-state index is 13.3. The van der Waals surface area contributed by atoms with Crippen molar-refractivity contribution in [1.29, 1.82) is 0 Å². The van der Waals surface area contributed by atoms with E-state index in [4.69, 9.17) is 0 Å². The Labute approximate surface area is 85.1 Å². The minimum atomic E-state index is -2.70. The summed E-state index contributed by atoms with van der Waals surface area (Å²) in [6.45, 7) is 1.76. The van der Waals surface area contributed by atoms with Gasteiger partial charge in [0.2, 0.25) is 0 Å². The molecule has 0 aliphatic heterocycles. The van der Waals surface area contributed by atoms with E-state index in [9.17, 15) is 8.78 Å². The Morgan fingerprint density at radius 3 is 2.62 bits per heavy atom. The SMILES string of the molecule is CCCC(F)(F)c1cccc(Br)c1. The van der Waals surface area contributed by atoms with Crippen molar-refractivity contribution < 1.29 is 8.78 Å². The molecule has 0 aliphatic carbocycles. The van der Waals surface area contributed by atoms with Crippen LogP contribution in [0, 0.1) is 0 Å². The summed E-state index contributed by atoms with van der Waals surface area (Å²) in [4.78, 5) is 0. The number of rotatable bonds is 3. The summed E-state index contributed by atoms with van der Waals surface area (Å²) in [5, 5.41) is 0. The molecule has 0 aliphatic rings. The Kier molecular flexibility index (Phi) is 3.42. The smallest absolute Gasteiger partial charge is 0.201 e. The average molecular weight is 249 g/mol. The molecule has 0 bridgehead atoms. The van der Waals surface area contributed by atoms with E-state index in [1.54, 1.807) is 19.1 Å². The average Bonchev–Trinajstić information content (AvgIpc) is 2.04. The normalized spacial score (nSPS) is 11.7. The van der Waals surface area contributed by atoms with Crippen LogP contribution < -0.4 is 0 Å². The molecule has 0 saturated heterocycles. The Morgan fingerprint density at radius 2 is 2.08 bits per heavy atom. The predicted octanol–water partition coefficient (Wildman–Crippen LogP) is 4.34. The topological polar surface area (TPSA) is 0 Å². The van der Waals surface area contributed by atoms with E-state index < -0.39 is 5.92 Å². The third kappa shape index (κ3) is 2.76. The van der Waals surface area contributed by atoms with Crippen LogP contribution in [0.1, 0.15) is 25.3 Å². The van der Waals surface area contributed by atoms with Gasteiger partial charge in [0.15, 0.2) is 0 Å². The zero-order chi connectivity index (χ0) is 9.90. The van der Waals surface area contributed by atoms with E-state index in [2.05, 4.69) is 15.9 Å². The molecule has 0 saturated carbocycles. The fourth-order valence-corrected chi connectivity index (χ4v) is 1.57. The molecule has 72 valence electrons. The van der Waals surface area contributed by atoms with Crippen molar-refractivity contribution in [2.75, 3.05) is 0 Å². The number of halogens is 3. The molecule has 3 heteroatoms. The van der Waals surface area contributed by atoms with E-state index in [1.165, 1.54) is 12.1 Å². The fraction of sp³-hybridized carbons (Fsp3) is 0.400. The van der Waals surface area contributed by atoms with E-state index >= 15 is 0 Å². The highest BCUT2D eigenvalue weighted by Gasteiger charge is 2.29. The maximum atomic E-state index is 13.3. The van der Waals surface area contributed by atoms with Crippen LogP contribution in [0.2, 0.25) is 0 Å². The highest BCUT2D eigenvalue weighted by Crippen LogP contribution is 2.33. The largest absolute Gasteiger partial charge is 0.273 e. The van der Waals surface area contributed by atoms with Gasteiger partial charge in [-0.15, -0.1) is 0 Å². The highest BCUT2D eigenvalue weighted by molar-refractivity contribution is 9.10. The summed E-state index contributed by atoms with van der Waals surface area (Å²) in [5.74, 6) is -2.70. The summed E-state index contributed by atoms with van der Waals surface area (Å²) in [6.07, 6.45) is 0.392. The van der Waals surface area contributed by atoms with E-state index in [0.717, 1.165) is 0 Å². The van der Waals surface area contributed by atoms with Gasteiger partial charge in [-0.1, -0.05) is 41.4 Å². The fourth-order valence-electron chi connectivity index (χ4n) is 1.17. The van der Waals surface area contributed by atoms with Gasteiger partial charge in [0.25, 0.3) is 5.92 Å². The molecule has 0 aromatic heterocycles. The second kappa shape index (κ2) is 4.18. The predicted molar refractivity (Wildman–Crippen MR) is 52.9 cm³/mol.